The summed E-state index contributed by atoms with van der Waals surface area (Å²) in [4.78, 5) is 26.4. The molecule has 0 spiro atoms. The minimum Gasteiger partial charge on any atom is -0.454 e. The number of aliphatic hydroxyl groups excluding tert-OH is 5. The van der Waals surface area contributed by atoms with Crippen molar-refractivity contribution in [1.82, 2.24) is 5.32 Å². The Morgan fingerprint density at radius 3 is 1.49 bits per heavy atom. The zero-order valence-electron chi connectivity index (χ0n) is 45.3. The van der Waals surface area contributed by atoms with Crippen LogP contribution in [0.25, 0.3) is 0 Å². The molecule has 0 bridgehead atoms. The van der Waals surface area contributed by atoms with E-state index in [1.807, 2.05) is 6.08 Å². The topological polar surface area (TPSA) is 175 Å². The molecule has 1 saturated heterocycles. The average molecular weight is 1000 g/mol. The molecule has 1 aliphatic rings. The molecule has 1 fully saturated rings. The number of aliphatic hydroxyl groups is 5. The largest absolute Gasteiger partial charge is 0.454 e. The monoisotopic (exact) mass is 1000 g/mol. The van der Waals surface area contributed by atoms with Crippen molar-refractivity contribution < 1.29 is 49.3 Å². The standard InChI is InChI=1S/C60H107NO10/c1-4-7-10-13-16-19-22-25-26-27-28-30-33-36-39-42-45-48-55(65)71-58-57(67)56(66)54(49-62)70-60(58)69-50-51(52(63)46-43-40-37-34-32-29-23-20-17-14-11-8-5-2)61-59(68)53(64)47-44-41-38-35-31-24-21-18-15-12-9-6-3/h16,19,25-26,28,30-31,35,43,46,51-54,56-58,60,62-64,66-67H,4-15,17-18,20-24,27,29,32-34,36-42,44-45,47-50H2,1-3H3,(H,61,68)/b19-16-,26-25-,30-28-,35-31-,46-43+. The maximum absolute atomic E-state index is 13.3. The molecule has 0 radical (unpaired) electrons. The predicted molar refractivity (Wildman–Crippen MR) is 292 cm³/mol. The SMILES string of the molecule is CCCCC/C=C\C/C=C\C/C=C\CCCCCCC(=O)OC1C(OCC(NC(=O)C(O)CCCC/C=C\CCCCCCCC)C(O)/C=C/CCCCCCCCCCCCC)OC(CO)C(O)C1O. The summed E-state index contributed by atoms with van der Waals surface area (Å²) in [7, 11) is 0. The number of carbonyl (C=O) groups excluding carboxylic acids is 2. The Hall–Kier alpha value is -2.64. The Morgan fingerprint density at radius 1 is 0.549 bits per heavy atom. The highest BCUT2D eigenvalue weighted by Crippen LogP contribution is 2.26. The van der Waals surface area contributed by atoms with Crippen molar-refractivity contribution >= 4 is 11.9 Å². The van der Waals surface area contributed by atoms with Crippen LogP contribution in [0.3, 0.4) is 0 Å². The van der Waals surface area contributed by atoms with E-state index in [1.54, 1.807) is 6.08 Å². The van der Waals surface area contributed by atoms with Crippen LogP contribution in [0.15, 0.2) is 60.8 Å². The molecule has 71 heavy (non-hydrogen) atoms. The van der Waals surface area contributed by atoms with E-state index in [1.165, 1.54) is 116 Å². The van der Waals surface area contributed by atoms with Crippen LogP contribution in [0.5, 0.6) is 0 Å². The van der Waals surface area contributed by atoms with Crippen LogP contribution >= 0.6 is 0 Å². The molecule has 8 atom stereocenters. The van der Waals surface area contributed by atoms with Crippen LogP contribution in [0.2, 0.25) is 0 Å². The Morgan fingerprint density at radius 2 is 0.972 bits per heavy atom. The van der Waals surface area contributed by atoms with Gasteiger partial charge in [0.2, 0.25) is 5.91 Å². The summed E-state index contributed by atoms with van der Waals surface area (Å²) in [6, 6.07) is -1.04. The highest BCUT2D eigenvalue weighted by atomic mass is 16.7. The van der Waals surface area contributed by atoms with Gasteiger partial charge in [0.05, 0.1) is 25.4 Å². The van der Waals surface area contributed by atoms with Crippen LogP contribution in [0.1, 0.15) is 245 Å². The molecule has 0 aromatic rings. The normalized spacial score (nSPS) is 20.0. The van der Waals surface area contributed by atoms with E-state index in [-0.39, 0.29) is 19.4 Å². The molecule has 412 valence electrons. The summed E-state index contributed by atoms with van der Waals surface area (Å²) in [6.07, 6.45) is 48.3. The number of amides is 1. The van der Waals surface area contributed by atoms with Crippen LogP contribution in [-0.4, -0.2) is 99.6 Å². The molecule has 0 saturated carbocycles. The molecule has 0 aromatic carbocycles. The minimum absolute atomic E-state index is 0.0951. The molecular weight excluding hydrogens is 895 g/mol. The third-order valence-corrected chi connectivity index (χ3v) is 13.4. The summed E-state index contributed by atoms with van der Waals surface area (Å²) in [5.41, 5.74) is 0. The molecule has 6 N–H and O–H groups in total. The molecule has 1 aliphatic heterocycles. The van der Waals surface area contributed by atoms with Gasteiger partial charge in [-0.2, -0.15) is 0 Å². The fourth-order valence-electron chi connectivity index (χ4n) is 8.71. The van der Waals surface area contributed by atoms with Crippen molar-refractivity contribution in [2.75, 3.05) is 13.2 Å². The van der Waals surface area contributed by atoms with Gasteiger partial charge in [0.1, 0.15) is 24.4 Å². The van der Waals surface area contributed by atoms with Gasteiger partial charge in [0, 0.05) is 6.42 Å². The van der Waals surface area contributed by atoms with Gasteiger partial charge in [-0.25, -0.2) is 0 Å². The Labute approximate surface area is 433 Å². The van der Waals surface area contributed by atoms with Crippen LogP contribution in [0, 0.1) is 0 Å². The highest BCUT2D eigenvalue weighted by molar-refractivity contribution is 5.80. The molecule has 1 heterocycles. The van der Waals surface area contributed by atoms with Crippen molar-refractivity contribution in [2.24, 2.45) is 0 Å². The highest BCUT2D eigenvalue weighted by Gasteiger charge is 2.47. The van der Waals surface area contributed by atoms with Gasteiger partial charge >= 0.3 is 5.97 Å². The lowest BCUT2D eigenvalue weighted by Gasteiger charge is -2.41. The summed E-state index contributed by atoms with van der Waals surface area (Å²) in [6.45, 7) is 5.72. The number of hydrogen-bond donors (Lipinski definition) is 6. The fraction of sp³-hybridized carbons (Fsp3) is 0.800. The van der Waals surface area contributed by atoms with E-state index < -0.39 is 67.4 Å². The predicted octanol–water partition coefficient (Wildman–Crippen LogP) is 13.1. The first-order valence-electron chi connectivity index (χ1n) is 29.1. The van der Waals surface area contributed by atoms with Crippen LogP contribution in [0.4, 0.5) is 0 Å². The van der Waals surface area contributed by atoms with Crippen LogP contribution < -0.4 is 5.32 Å². The van der Waals surface area contributed by atoms with E-state index in [9.17, 15) is 35.1 Å². The van der Waals surface area contributed by atoms with Crippen LogP contribution in [-0.2, 0) is 23.8 Å². The lowest BCUT2D eigenvalue weighted by molar-refractivity contribution is -0.305. The number of hydrogen-bond acceptors (Lipinski definition) is 10. The Balaban J connectivity index is 2.76. The van der Waals surface area contributed by atoms with E-state index in [0.29, 0.717) is 12.8 Å². The number of ether oxygens (including phenoxy) is 3. The van der Waals surface area contributed by atoms with Crippen molar-refractivity contribution in [2.45, 2.75) is 294 Å². The lowest BCUT2D eigenvalue weighted by atomic mass is 9.99. The van der Waals surface area contributed by atoms with E-state index in [0.717, 1.165) is 83.5 Å². The third kappa shape index (κ3) is 36.9. The molecule has 0 aliphatic carbocycles. The number of esters is 1. The van der Waals surface area contributed by atoms with Gasteiger partial charge in [-0.05, 0) is 89.9 Å². The number of rotatable bonds is 48. The summed E-state index contributed by atoms with van der Waals surface area (Å²) >= 11 is 0. The van der Waals surface area contributed by atoms with E-state index >= 15 is 0 Å². The van der Waals surface area contributed by atoms with Gasteiger partial charge in [0.15, 0.2) is 12.4 Å². The van der Waals surface area contributed by atoms with Gasteiger partial charge in [-0.15, -0.1) is 0 Å². The molecule has 11 heteroatoms. The van der Waals surface area contributed by atoms with Crippen molar-refractivity contribution in [3.05, 3.63) is 60.8 Å². The summed E-state index contributed by atoms with van der Waals surface area (Å²) in [5, 5.41) is 56.8. The summed E-state index contributed by atoms with van der Waals surface area (Å²) in [5.74, 6) is -1.23. The fourth-order valence-corrected chi connectivity index (χ4v) is 8.71. The number of unbranched alkanes of at least 4 members (excludes halogenated alkanes) is 26. The second kappa shape index (κ2) is 48.3. The van der Waals surface area contributed by atoms with E-state index in [2.05, 4.69) is 74.7 Å². The first kappa shape index (κ1) is 66.4. The molecule has 8 unspecified atom stereocenters. The van der Waals surface area contributed by atoms with Gasteiger partial charge in [0.25, 0.3) is 0 Å². The Bertz CT molecular complexity index is 1380. The van der Waals surface area contributed by atoms with Gasteiger partial charge in [-0.3, -0.25) is 9.59 Å². The third-order valence-electron chi connectivity index (χ3n) is 13.4. The molecule has 1 rings (SSSR count). The first-order valence-corrected chi connectivity index (χ1v) is 29.1. The maximum atomic E-state index is 13.3. The zero-order chi connectivity index (χ0) is 51.8. The second-order valence-electron chi connectivity index (χ2n) is 20.0. The van der Waals surface area contributed by atoms with E-state index in [4.69, 9.17) is 14.2 Å². The Kier molecular flexibility index (Phi) is 45.2. The van der Waals surface area contributed by atoms with Crippen molar-refractivity contribution in [3.8, 4) is 0 Å². The first-order chi connectivity index (χ1) is 34.7. The van der Waals surface area contributed by atoms with Gasteiger partial charge < -0.3 is 45.1 Å². The number of nitrogens with one attached hydrogen (secondary N) is 1. The zero-order valence-corrected chi connectivity index (χ0v) is 45.3. The van der Waals surface area contributed by atoms with Gasteiger partial charge in [-0.1, -0.05) is 210 Å². The molecule has 1 amide bonds. The smallest absolute Gasteiger partial charge is 0.306 e. The number of carbonyl (C=O) groups is 2. The quantitative estimate of drug-likeness (QED) is 0.0196. The lowest BCUT2D eigenvalue weighted by Crippen LogP contribution is -2.61. The average Bonchev–Trinajstić information content (AvgIpc) is 3.37. The molecule has 11 nitrogen and oxygen atoms in total. The second-order valence-corrected chi connectivity index (χ2v) is 20.0. The number of allylic oxidation sites excluding steroid dienone is 9. The van der Waals surface area contributed by atoms with Crippen molar-refractivity contribution in [1.29, 1.82) is 0 Å². The minimum atomic E-state index is -1.63. The maximum Gasteiger partial charge on any atom is 0.306 e. The molecule has 0 aromatic heterocycles. The molecular formula is C60H107NO10. The summed E-state index contributed by atoms with van der Waals surface area (Å²) < 4.78 is 17.5. The van der Waals surface area contributed by atoms with Crippen molar-refractivity contribution in [3.63, 3.8) is 0 Å².